The van der Waals surface area contributed by atoms with E-state index in [1.165, 1.54) is 25.7 Å². The van der Waals surface area contributed by atoms with Gasteiger partial charge in [0.15, 0.2) is 9.84 Å². The van der Waals surface area contributed by atoms with Crippen LogP contribution < -0.4 is 0 Å². The molecule has 2 aromatic rings. The lowest BCUT2D eigenvalue weighted by molar-refractivity contribution is 0.0804. The third-order valence-electron chi connectivity index (χ3n) is 7.56. The molecule has 0 amide bonds. The lowest BCUT2D eigenvalue weighted by Crippen LogP contribution is -2.66. The summed E-state index contributed by atoms with van der Waals surface area (Å²) in [6.07, 6.45) is 7.16. The van der Waals surface area contributed by atoms with Crippen molar-refractivity contribution in [1.29, 1.82) is 0 Å². The molecule has 166 valence electrons. The van der Waals surface area contributed by atoms with Gasteiger partial charge in [0, 0.05) is 6.04 Å². The zero-order chi connectivity index (χ0) is 21.3. The number of piperidine rings is 2. The van der Waals surface area contributed by atoms with Crippen molar-refractivity contribution >= 4 is 9.84 Å². The van der Waals surface area contributed by atoms with Gasteiger partial charge in [-0.1, -0.05) is 73.5 Å². The highest BCUT2D eigenvalue weighted by Gasteiger charge is 2.62. The molecule has 0 bridgehead atoms. The molecule has 3 saturated heterocycles. The Hall–Kier alpha value is -1.69. The Bertz CT molecular complexity index is 951. The van der Waals surface area contributed by atoms with E-state index in [0.717, 1.165) is 50.1 Å². The van der Waals surface area contributed by atoms with Crippen molar-refractivity contribution in [2.75, 3.05) is 26.2 Å². The van der Waals surface area contributed by atoms with E-state index in [1.54, 1.807) is 0 Å². The van der Waals surface area contributed by atoms with E-state index in [-0.39, 0.29) is 17.3 Å². The van der Waals surface area contributed by atoms with E-state index in [0.29, 0.717) is 0 Å². The zero-order valence-corrected chi connectivity index (χ0v) is 19.1. The molecule has 2 aromatic carbocycles. The van der Waals surface area contributed by atoms with Gasteiger partial charge in [0.1, 0.15) is 5.25 Å². The van der Waals surface area contributed by atoms with Crippen LogP contribution in [0.15, 0.2) is 60.7 Å². The Morgan fingerprint density at radius 2 is 1.26 bits per heavy atom. The summed E-state index contributed by atoms with van der Waals surface area (Å²) in [5.74, 6) is 0. The summed E-state index contributed by atoms with van der Waals surface area (Å²) in [4.78, 5) is 4.98. The average Bonchev–Trinajstić information content (AvgIpc) is 2.83. The topological polar surface area (TPSA) is 40.6 Å². The van der Waals surface area contributed by atoms with Crippen molar-refractivity contribution in [2.24, 2.45) is 0 Å². The molecule has 0 spiro atoms. The van der Waals surface area contributed by atoms with Crippen LogP contribution in [0.1, 0.15) is 60.9 Å². The Balaban J connectivity index is 1.58. The molecule has 3 aliphatic heterocycles. The van der Waals surface area contributed by atoms with E-state index in [2.05, 4.69) is 34.1 Å². The monoisotopic (exact) mass is 438 g/mol. The first-order valence-corrected chi connectivity index (χ1v) is 13.6. The van der Waals surface area contributed by atoms with Crippen LogP contribution in [-0.2, 0) is 9.84 Å². The third kappa shape index (κ3) is 3.96. The Kier molecular flexibility index (Phi) is 6.18. The van der Waals surface area contributed by atoms with Crippen LogP contribution in [0, 0.1) is 0 Å². The largest absolute Gasteiger partial charge is 0.297 e. The molecule has 3 heterocycles. The number of nitrogens with zero attached hydrogens (tertiary/aromatic N) is 2. The van der Waals surface area contributed by atoms with E-state index < -0.39 is 15.1 Å². The van der Waals surface area contributed by atoms with Crippen molar-refractivity contribution in [1.82, 2.24) is 9.80 Å². The van der Waals surface area contributed by atoms with Crippen LogP contribution in [0.25, 0.3) is 0 Å². The second-order valence-electron chi connectivity index (χ2n) is 9.42. The van der Waals surface area contributed by atoms with Gasteiger partial charge >= 0.3 is 0 Å². The molecule has 4 unspecified atom stereocenters. The van der Waals surface area contributed by atoms with Gasteiger partial charge < -0.3 is 0 Å². The molecular weight excluding hydrogens is 404 g/mol. The molecule has 0 aromatic heterocycles. The SMILES string of the molecule is O=S1(=O)C(c2ccccc2)C(N2CCCCC2)C1C(c1ccccc1)N1CCCCC1. The Morgan fingerprint density at radius 3 is 1.87 bits per heavy atom. The molecule has 3 fully saturated rings. The van der Waals surface area contributed by atoms with Gasteiger partial charge in [0.05, 0.1) is 11.3 Å². The molecule has 4 atom stereocenters. The molecule has 5 heteroatoms. The van der Waals surface area contributed by atoms with Crippen LogP contribution in [0.2, 0.25) is 0 Å². The summed E-state index contributed by atoms with van der Waals surface area (Å²) < 4.78 is 28.0. The zero-order valence-electron chi connectivity index (χ0n) is 18.3. The molecule has 0 radical (unpaired) electrons. The van der Waals surface area contributed by atoms with Crippen LogP contribution >= 0.6 is 0 Å². The first-order valence-electron chi connectivity index (χ1n) is 12.0. The van der Waals surface area contributed by atoms with E-state index in [4.69, 9.17) is 0 Å². The summed E-state index contributed by atoms with van der Waals surface area (Å²) in [5, 5.41) is -0.774. The first kappa shape index (κ1) is 21.2. The van der Waals surface area contributed by atoms with Crippen molar-refractivity contribution in [3.8, 4) is 0 Å². The second-order valence-corrected chi connectivity index (χ2v) is 11.7. The maximum absolute atomic E-state index is 14.0. The lowest BCUT2D eigenvalue weighted by atomic mass is 9.88. The minimum Gasteiger partial charge on any atom is -0.297 e. The molecule has 3 aliphatic rings. The van der Waals surface area contributed by atoms with E-state index in [1.807, 2.05) is 36.4 Å². The fourth-order valence-corrected chi connectivity index (χ4v) is 8.85. The number of benzene rings is 2. The van der Waals surface area contributed by atoms with Gasteiger partial charge in [-0.25, -0.2) is 8.42 Å². The van der Waals surface area contributed by atoms with Gasteiger partial charge in [-0.05, 0) is 63.0 Å². The molecule has 0 N–H and O–H groups in total. The maximum Gasteiger partial charge on any atom is 0.165 e. The number of sulfone groups is 1. The predicted molar refractivity (Wildman–Crippen MR) is 126 cm³/mol. The van der Waals surface area contributed by atoms with E-state index in [9.17, 15) is 8.42 Å². The highest BCUT2D eigenvalue weighted by atomic mass is 32.2. The minimum atomic E-state index is -3.29. The highest BCUT2D eigenvalue weighted by molar-refractivity contribution is 7.94. The van der Waals surface area contributed by atoms with Crippen molar-refractivity contribution < 1.29 is 8.42 Å². The molecule has 5 rings (SSSR count). The normalized spacial score (nSPS) is 30.4. The van der Waals surface area contributed by atoms with E-state index >= 15 is 0 Å². The lowest BCUT2D eigenvalue weighted by Gasteiger charge is -2.55. The second kappa shape index (κ2) is 9.05. The van der Waals surface area contributed by atoms with Gasteiger partial charge in [-0.15, -0.1) is 0 Å². The van der Waals surface area contributed by atoms with Crippen LogP contribution in [0.4, 0.5) is 0 Å². The number of likely N-dealkylation sites (tertiary alicyclic amines) is 2. The van der Waals surface area contributed by atoms with Gasteiger partial charge in [0.25, 0.3) is 0 Å². The van der Waals surface area contributed by atoms with Gasteiger partial charge in [-0.3, -0.25) is 9.80 Å². The van der Waals surface area contributed by atoms with Crippen LogP contribution in [0.5, 0.6) is 0 Å². The average molecular weight is 439 g/mol. The summed E-state index contributed by atoms with van der Waals surface area (Å²) in [6.45, 7) is 4.02. The Labute approximate surface area is 187 Å². The highest BCUT2D eigenvalue weighted by Crippen LogP contribution is 2.52. The smallest absolute Gasteiger partial charge is 0.165 e. The molecule has 0 aliphatic carbocycles. The number of rotatable bonds is 5. The Morgan fingerprint density at radius 1 is 0.710 bits per heavy atom. The summed E-state index contributed by atoms with van der Waals surface area (Å²) in [5.41, 5.74) is 2.12. The maximum atomic E-state index is 14.0. The summed E-state index contributed by atoms with van der Waals surface area (Å²) >= 11 is 0. The fourth-order valence-electron chi connectivity index (χ4n) is 6.11. The summed E-state index contributed by atoms with van der Waals surface area (Å²) in [6, 6.07) is 20.4. The summed E-state index contributed by atoms with van der Waals surface area (Å²) in [7, 11) is -3.29. The number of hydrogen-bond acceptors (Lipinski definition) is 4. The van der Waals surface area contributed by atoms with Crippen molar-refractivity contribution in [3.63, 3.8) is 0 Å². The number of hydrogen-bond donors (Lipinski definition) is 0. The standard InChI is InChI=1S/C26H34N2O2S/c29-31(30)25(22-15-7-2-8-16-22)24(28-19-11-4-12-20-28)26(31)23(21-13-5-1-6-14-21)27-17-9-3-10-18-27/h1-2,5-8,13-16,23-26H,3-4,9-12,17-20H2. The van der Waals surface area contributed by atoms with Gasteiger partial charge in [-0.2, -0.15) is 0 Å². The minimum absolute atomic E-state index is 0.0554. The first-order chi connectivity index (χ1) is 15.2. The van der Waals surface area contributed by atoms with Crippen molar-refractivity contribution in [2.45, 2.75) is 61.1 Å². The predicted octanol–water partition coefficient (Wildman–Crippen LogP) is 4.61. The van der Waals surface area contributed by atoms with Crippen LogP contribution in [-0.4, -0.2) is 55.7 Å². The van der Waals surface area contributed by atoms with Crippen molar-refractivity contribution in [3.05, 3.63) is 71.8 Å². The molecule has 4 nitrogen and oxygen atoms in total. The van der Waals surface area contributed by atoms with Gasteiger partial charge in [0.2, 0.25) is 0 Å². The molecular formula is C26H34N2O2S. The van der Waals surface area contributed by atoms with Crippen LogP contribution in [0.3, 0.4) is 0 Å². The fraction of sp³-hybridized carbons (Fsp3) is 0.538. The quantitative estimate of drug-likeness (QED) is 0.684. The molecule has 31 heavy (non-hydrogen) atoms. The molecule has 0 saturated carbocycles. The third-order valence-corrected chi connectivity index (χ3v) is 10.1.